The van der Waals surface area contributed by atoms with Gasteiger partial charge in [-0.05, 0) is 12.5 Å². The number of ether oxygens (including phenoxy) is 1. The Morgan fingerprint density at radius 1 is 1.69 bits per heavy atom. The lowest BCUT2D eigenvalue weighted by Gasteiger charge is -1.98. The molecular weight excluding hydrogens is 168 g/mol. The number of rotatable bonds is 5. The highest BCUT2D eigenvalue weighted by Gasteiger charge is 2.07. The second kappa shape index (κ2) is 4.77. The molecule has 0 aromatic carbocycles. The predicted molar refractivity (Wildman–Crippen MR) is 48.6 cm³/mol. The van der Waals surface area contributed by atoms with E-state index in [0.29, 0.717) is 12.3 Å². The van der Waals surface area contributed by atoms with Crippen molar-refractivity contribution in [3.8, 4) is 0 Å². The number of carbonyl (C=O) groups is 1. The highest BCUT2D eigenvalue weighted by Crippen LogP contribution is 1.96. The second-order valence-electron chi connectivity index (χ2n) is 2.85. The molecular formula is C9H14N2O2. The largest absolute Gasteiger partial charge is 0.373 e. The van der Waals surface area contributed by atoms with Crippen molar-refractivity contribution >= 4 is 5.78 Å². The smallest absolute Gasteiger partial charge is 0.208 e. The van der Waals surface area contributed by atoms with Crippen LogP contribution in [-0.4, -0.2) is 28.8 Å². The molecule has 1 aromatic heterocycles. The first-order valence-corrected chi connectivity index (χ1v) is 4.34. The van der Waals surface area contributed by atoms with Crippen LogP contribution in [0.1, 0.15) is 23.8 Å². The Kier molecular flexibility index (Phi) is 3.64. The van der Waals surface area contributed by atoms with E-state index >= 15 is 0 Å². The Morgan fingerprint density at radius 3 is 3.00 bits per heavy atom. The van der Waals surface area contributed by atoms with Gasteiger partial charge in [-0.15, -0.1) is 0 Å². The lowest BCUT2D eigenvalue weighted by atomic mass is 10.3. The summed E-state index contributed by atoms with van der Waals surface area (Å²) in [6.07, 6.45) is 2.67. The summed E-state index contributed by atoms with van der Waals surface area (Å²) in [4.78, 5) is 11.3. The summed E-state index contributed by atoms with van der Waals surface area (Å²) in [6.45, 7) is 2.76. The van der Waals surface area contributed by atoms with Crippen molar-refractivity contribution in [2.24, 2.45) is 7.05 Å². The molecule has 0 saturated heterocycles. The van der Waals surface area contributed by atoms with Crippen molar-refractivity contribution in [2.75, 3.05) is 13.2 Å². The number of ketones is 1. The van der Waals surface area contributed by atoms with Gasteiger partial charge in [-0.1, -0.05) is 6.92 Å². The van der Waals surface area contributed by atoms with Gasteiger partial charge in [-0.2, -0.15) is 5.10 Å². The molecule has 0 atom stereocenters. The molecule has 0 aliphatic heterocycles. The van der Waals surface area contributed by atoms with Crippen molar-refractivity contribution < 1.29 is 9.53 Å². The van der Waals surface area contributed by atoms with Crippen molar-refractivity contribution in [3.63, 3.8) is 0 Å². The third kappa shape index (κ3) is 2.99. The minimum Gasteiger partial charge on any atom is -0.373 e. The van der Waals surface area contributed by atoms with E-state index in [1.165, 1.54) is 0 Å². The summed E-state index contributed by atoms with van der Waals surface area (Å²) in [6, 6.07) is 1.69. The number of Topliss-reactive ketones (excluding diaryl/α,β-unsaturated/α-hetero) is 1. The molecule has 4 heteroatoms. The molecule has 1 heterocycles. The topological polar surface area (TPSA) is 44.1 Å². The lowest BCUT2D eigenvalue weighted by Crippen LogP contribution is -2.10. The minimum atomic E-state index is -0.0611. The molecule has 0 bridgehead atoms. The van der Waals surface area contributed by atoms with Crippen LogP contribution in [0.3, 0.4) is 0 Å². The fourth-order valence-corrected chi connectivity index (χ4v) is 0.947. The third-order valence-electron chi connectivity index (χ3n) is 1.58. The Labute approximate surface area is 77.5 Å². The molecule has 0 aliphatic carbocycles. The van der Waals surface area contributed by atoms with Crippen LogP contribution < -0.4 is 0 Å². The van der Waals surface area contributed by atoms with Gasteiger partial charge >= 0.3 is 0 Å². The maximum atomic E-state index is 11.3. The van der Waals surface area contributed by atoms with Crippen LogP contribution in [0.25, 0.3) is 0 Å². The zero-order valence-corrected chi connectivity index (χ0v) is 7.99. The van der Waals surface area contributed by atoms with Gasteiger partial charge in [-0.3, -0.25) is 9.48 Å². The SMILES string of the molecule is CCCOCC(=O)c1ccn(C)n1. The average Bonchev–Trinajstić information content (AvgIpc) is 2.52. The van der Waals surface area contributed by atoms with Crippen LogP contribution in [0.2, 0.25) is 0 Å². The van der Waals surface area contributed by atoms with E-state index < -0.39 is 0 Å². The summed E-state index contributed by atoms with van der Waals surface area (Å²) in [5.41, 5.74) is 0.471. The second-order valence-corrected chi connectivity index (χ2v) is 2.85. The molecule has 1 aromatic rings. The van der Waals surface area contributed by atoms with E-state index in [9.17, 15) is 4.79 Å². The van der Waals surface area contributed by atoms with Gasteiger partial charge in [0.05, 0.1) is 0 Å². The van der Waals surface area contributed by atoms with E-state index in [2.05, 4.69) is 5.10 Å². The van der Waals surface area contributed by atoms with E-state index in [1.54, 1.807) is 24.0 Å². The number of carbonyl (C=O) groups excluding carboxylic acids is 1. The highest BCUT2D eigenvalue weighted by atomic mass is 16.5. The molecule has 0 N–H and O–H groups in total. The molecule has 0 unspecified atom stereocenters. The van der Waals surface area contributed by atoms with E-state index in [-0.39, 0.29) is 12.4 Å². The standard InChI is InChI=1S/C9H14N2O2/c1-3-6-13-7-9(12)8-4-5-11(2)10-8/h4-5H,3,6-7H2,1-2H3. The highest BCUT2D eigenvalue weighted by molar-refractivity contribution is 5.95. The molecule has 0 spiro atoms. The molecule has 0 amide bonds. The number of aromatic nitrogens is 2. The summed E-state index contributed by atoms with van der Waals surface area (Å²) in [5, 5.41) is 3.98. The van der Waals surface area contributed by atoms with Gasteiger partial charge < -0.3 is 4.74 Å². The number of hydrogen-bond donors (Lipinski definition) is 0. The van der Waals surface area contributed by atoms with Gasteiger partial charge in [0.1, 0.15) is 12.3 Å². The monoisotopic (exact) mass is 182 g/mol. The fourth-order valence-electron chi connectivity index (χ4n) is 0.947. The van der Waals surface area contributed by atoms with Gasteiger partial charge in [0.2, 0.25) is 5.78 Å². The molecule has 0 saturated carbocycles. The van der Waals surface area contributed by atoms with Crippen molar-refractivity contribution in [1.29, 1.82) is 0 Å². The number of nitrogens with zero attached hydrogens (tertiary/aromatic N) is 2. The van der Waals surface area contributed by atoms with Crippen LogP contribution in [0.15, 0.2) is 12.3 Å². The molecule has 13 heavy (non-hydrogen) atoms. The van der Waals surface area contributed by atoms with Gasteiger partial charge in [0.25, 0.3) is 0 Å². The van der Waals surface area contributed by atoms with Crippen LogP contribution in [-0.2, 0) is 11.8 Å². The van der Waals surface area contributed by atoms with E-state index in [4.69, 9.17) is 4.74 Å². The van der Waals surface area contributed by atoms with Crippen LogP contribution >= 0.6 is 0 Å². The fraction of sp³-hybridized carbons (Fsp3) is 0.556. The Bertz CT molecular complexity index is 281. The number of hydrogen-bond acceptors (Lipinski definition) is 3. The predicted octanol–water partition coefficient (Wildman–Crippen LogP) is 1.03. The molecule has 0 radical (unpaired) electrons. The minimum absolute atomic E-state index is 0.0611. The van der Waals surface area contributed by atoms with E-state index in [0.717, 1.165) is 6.42 Å². The average molecular weight is 182 g/mol. The normalized spacial score (nSPS) is 10.3. The summed E-state index contributed by atoms with van der Waals surface area (Å²) >= 11 is 0. The molecule has 0 fully saturated rings. The van der Waals surface area contributed by atoms with Crippen molar-refractivity contribution in [1.82, 2.24) is 9.78 Å². The van der Waals surface area contributed by atoms with Crippen molar-refractivity contribution in [2.45, 2.75) is 13.3 Å². The Morgan fingerprint density at radius 2 is 2.46 bits per heavy atom. The van der Waals surface area contributed by atoms with Crippen LogP contribution in [0.5, 0.6) is 0 Å². The molecule has 72 valence electrons. The van der Waals surface area contributed by atoms with Crippen LogP contribution in [0, 0.1) is 0 Å². The van der Waals surface area contributed by atoms with Gasteiger partial charge in [0, 0.05) is 19.9 Å². The summed E-state index contributed by atoms with van der Waals surface area (Å²) < 4.78 is 6.71. The molecule has 4 nitrogen and oxygen atoms in total. The summed E-state index contributed by atoms with van der Waals surface area (Å²) in [5.74, 6) is -0.0611. The van der Waals surface area contributed by atoms with Gasteiger partial charge in [0.15, 0.2) is 0 Å². The molecule has 1 rings (SSSR count). The first-order valence-electron chi connectivity index (χ1n) is 4.34. The first-order chi connectivity index (χ1) is 6.24. The molecule has 0 aliphatic rings. The van der Waals surface area contributed by atoms with E-state index in [1.807, 2.05) is 6.92 Å². The Hall–Kier alpha value is -1.16. The van der Waals surface area contributed by atoms with Crippen molar-refractivity contribution in [3.05, 3.63) is 18.0 Å². The quantitative estimate of drug-likeness (QED) is 0.504. The zero-order chi connectivity index (χ0) is 9.68. The maximum Gasteiger partial charge on any atom is 0.208 e. The number of aryl methyl sites for hydroxylation is 1. The lowest BCUT2D eigenvalue weighted by molar-refractivity contribution is 0.0756. The summed E-state index contributed by atoms with van der Waals surface area (Å²) in [7, 11) is 1.78. The first kappa shape index (κ1) is 9.92. The maximum absolute atomic E-state index is 11.3. The zero-order valence-electron chi connectivity index (χ0n) is 7.99. The Balaban J connectivity index is 2.40. The van der Waals surface area contributed by atoms with Gasteiger partial charge in [-0.25, -0.2) is 0 Å². The van der Waals surface area contributed by atoms with Crippen LogP contribution in [0.4, 0.5) is 0 Å². The third-order valence-corrected chi connectivity index (χ3v) is 1.58.